The number of hydrogen-bond acceptors (Lipinski definition) is 3. The van der Waals surface area contributed by atoms with Crippen molar-refractivity contribution in [2.45, 2.75) is 32.7 Å². The number of morpholine rings is 1. The summed E-state index contributed by atoms with van der Waals surface area (Å²) >= 11 is 0. The molecular formula is C14H28ClN3O2. The Labute approximate surface area is 128 Å². The largest absolute Gasteiger partial charge is 0.378 e. The Morgan fingerprint density at radius 1 is 1.15 bits per heavy atom. The summed E-state index contributed by atoms with van der Waals surface area (Å²) in [5.74, 6) is 0.719. The van der Waals surface area contributed by atoms with Crippen molar-refractivity contribution in [3.05, 3.63) is 0 Å². The van der Waals surface area contributed by atoms with E-state index >= 15 is 0 Å². The van der Waals surface area contributed by atoms with Gasteiger partial charge in [0, 0.05) is 32.2 Å². The van der Waals surface area contributed by atoms with Gasteiger partial charge in [-0.25, -0.2) is 4.79 Å². The van der Waals surface area contributed by atoms with Gasteiger partial charge in [0.15, 0.2) is 0 Å². The van der Waals surface area contributed by atoms with E-state index in [1.54, 1.807) is 0 Å². The fourth-order valence-electron chi connectivity index (χ4n) is 2.69. The number of halogens is 1. The molecule has 0 radical (unpaired) electrons. The van der Waals surface area contributed by atoms with Crippen LogP contribution in [0, 0.1) is 5.92 Å². The molecule has 2 amide bonds. The molecule has 6 heteroatoms. The van der Waals surface area contributed by atoms with E-state index in [0.717, 1.165) is 51.5 Å². The molecule has 0 spiro atoms. The Morgan fingerprint density at radius 3 is 2.25 bits per heavy atom. The van der Waals surface area contributed by atoms with Crippen LogP contribution in [0.5, 0.6) is 0 Å². The molecule has 0 aromatic carbocycles. The average Bonchev–Trinajstić information content (AvgIpc) is 2.46. The van der Waals surface area contributed by atoms with E-state index in [4.69, 9.17) is 4.74 Å². The zero-order chi connectivity index (χ0) is 13.7. The molecule has 118 valence electrons. The lowest BCUT2D eigenvalue weighted by Gasteiger charge is -2.37. The van der Waals surface area contributed by atoms with Crippen molar-refractivity contribution < 1.29 is 9.53 Å². The lowest BCUT2D eigenvalue weighted by Crippen LogP contribution is -2.51. The summed E-state index contributed by atoms with van der Waals surface area (Å²) in [6, 6.07) is 0.756. The quantitative estimate of drug-likeness (QED) is 0.861. The van der Waals surface area contributed by atoms with E-state index < -0.39 is 0 Å². The van der Waals surface area contributed by atoms with Crippen LogP contribution in [-0.4, -0.2) is 67.8 Å². The second-order valence-electron chi connectivity index (χ2n) is 5.88. The lowest BCUT2D eigenvalue weighted by atomic mass is 9.97. The highest BCUT2D eigenvalue weighted by molar-refractivity contribution is 5.85. The Balaban J connectivity index is 0.00000200. The van der Waals surface area contributed by atoms with E-state index in [9.17, 15) is 4.79 Å². The molecule has 0 unspecified atom stereocenters. The highest BCUT2D eigenvalue weighted by Gasteiger charge is 2.27. The van der Waals surface area contributed by atoms with Gasteiger partial charge in [-0.15, -0.1) is 12.4 Å². The van der Waals surface area contributed by atoms with Gasteiger partial charge in [0.1, 0.15) is 0 Å². The third kappa shape index (κ3) is 5.11. The molecule has 0 bridgehead atoms. The van der Waals surface area contributed by atoms with Gasteiger partial charge < -0.3 is 19.9 Å². The molecule has 2 rings (SSSR count). The fourth-order valence-corrected chi connectivity index (χ4v) is 2.69. The maximum absolute atomic E-state index is 12.3. The van der Waals surface area contributed by atoms with Crippen LogP contribution in [0.25, 0.3) is 0 Å². The number of urea groups is 1. The third-order valence-electron chi connectivity index (χ3n) is 3.98. The predicted molar refractivity (Wildman–Crippen MR) is 82.5 cm³/mol. The average molecular weight is 306 g/mol. The number of nitrogens with zero attached hydrogens (tertiary/aromatic N) is 2. The zero-order valence-electron chi connectivity index (χ0n) is 12.6. The zero-order valence-corrected chi connectivity index (χ0v) is 13.5. The fraction of sp³-hybridized carbons (Fsp3) is 0.929. The first-order valence-corrected chi connectivity index (χ1v) is 7.52. The number of carbonyl (C=O) groups is 1. The van der Waals surface area contributed by atoms with Crippen LogP contribution < -0.4 is 5.32 Å². The smallest absolute Gasteiger partial charge is 0.320 e. The van der Waals surface area contributed by atoms with Crippen molar-refractivity contribution in [1.29, 1.82) is 0 Å². The van der Waals surface area contributed by atoms with Gasteiger partial charge in [-0.05, 0) is 25.3 Å². The Bertz CT molecular complexity index is 288. The highest BCUT2D eigenvalue weighted by Crippen LogP contribution is 2.18. The van der Waals surface area contributed by atoms with Gasteiger partial charge >= 0.3 is 6.03 Å². The summed E-state index contributed by atoms with van der Waals surface area (Å²) < 4.78 is 5.29. The van der Waals surface area contributed by atoms with Gasteiger partial charge in [0.25, 0.3) is 0 Å². The minimum Gasteiger partial charge on any atom is -0.378 e. The first-order valence-electron chi connectivity index (χ1n) is 7.52. The molecule has 0 aliphatic carbocycles. The lowest BCUT2D eigenvalue weighted by molar-refractivity contribution is 0.0400. The van der Waals surface area contributed by atoms with Crippen molar-refractivity contribution in [3.63, 3.8) is 0 Å². The molecule has 2 aliphatic heterocycles. The first kappa shape index (κ1) is 17.5. The number of likely N-dealkylation sites (tertiary alicyclic amines) is 1. The van der Waals surface area contributed by atoms with Crippen LogP contribution in [0.4, 0.5) is 4.79 Å². The van der Waals surface area contributed by atoms with Gasteiger partial charge in [-0.2, -0.15) is 0 Å². The minimum absolute atomic E-state index is 0. The molecule has 2 heterocycles. The molecule has 0 aromatic heterocycles. The molecular weight excluding hydrogens is 278 g/mol. The van der Waals surface area contributed by atoms with Crippen LogP contribution >= 0.6 is 12.4 Å². The Hall–Kier alpha value is -0.520. The number of nitrogens with one attached hydrogen (secondary N) is 1. The van der Waals surface area contributed by atoms with E-state index in [-0.39, 0.29) is 18.4 Å². The van der Waals surface area contributed by atoms with Crippen LogP contribution in [0.1, 0.15) is 26.7 Å². The molecule has 2 fully saturated rings. The van der Waals surface area contributed by atoms with Crippen molar-refractivity contribution >= 4 is 18.4 Å². The standard InChI is InChI=1S/C14H27N3O2.ClH/c1-12(2)15-11-13-3-5-16(6-4-13)14(18)17-7-9-19-10-8-17;/h12-13,15H,3-11H2,1-2H3;1H. The molecule has 2 saturated heterocycles. The summed E-state index contributed by atoms with van der Waals surface area (Å²) in [5.41, 5.74) is 0. The molecule has 2 aliphatic rings. The van der Waals surface area contributed by atoms with Gasteiger partial charge in [-0.1, -0.05) is 13.8 Å². The number of ether oxygens (including phenoxy) is 1. The van der Waals surface area contributed by atoms with Crippen LogP contribution in [0.15, 0.2) is 0 Å². The number of amides is 2. The normalized spacial score (nSPS) is 20.9. The molecule has 1 N–H and O–H groups in total. The van der Waals surface area contributed by atoms with Gasteiger partial charge in [0.2, 0.25) is 0 Å². The SMILES string of the molecule is CC(C)NCC1CCN(C(=O)N2CCOCC2)CC1.Cl. The van der Waals surface area contributed by atoms with Gasteiger partial charge in [0.05, 0.1) is 13.2 Å². The number of piperidine rings is 1. The summed E-state index contributed by atoms with van der Waals surface area (Å²) in [5, 5.41) is 3.49. The third-order valence-corrected chi connectivity index (χ3v) is 3.98. The van der Waals surface area contributed by atoms with Crippen molar-refractivity contribution in [3.8, 4) is 0 Å². The second-order valence-corrected chi connectivity index (χ2v) is 5.88. The Kier molecular flexibility index (Phi) is 7.62. The van der Waals surface area contributed by atoms with Crippen LogP contribution in [0.3, 0.4) is 0 Å². The molecule has 20 heavy (non-hydrogen) atoms. The van der Waals surface area contributed by atoms with Crippen molar-refractivity contribution in [2.75, 3.05) is 45.9 Å². The Morgan fingerprint density at radius 2 is 1.70 bits per heavy atom. The maximum Gasteiger partial charge on any atom is 0.320 e. The molecule has 5 nitrogen and oxygen atoms in total. The van der Waals surface area contributed by atoms with E-state index in [1.807, 2.05) is 9.80 Å². The molecule has 0 aromatic rings. The van der Waals surface area contributed by atoms with Crippen LogP contribution in [-0.2, 0) is 4.74 Å². The van der Waals surface area contributed by atoms with Crippen LogP contribution in [0.2, 0.25) is 0 Å². The predicted octanol–water partition coefficient (Wildman–Crippen LogP) is 1.57. The number of rotatable bonds is 3. The van der Waals surface area contributed by atoms with E-state index in [0.29, 0.717) is 19.3 Å². The summed E-state index contributed by atoms with van der Waals surface area (Å²) in [6.45, 7) is 10.1. The summed E-state index contributed by atoms with van der Waals surface area (Å²) in [7, 11) is 0. The van der Waals surface area contributed by atoms with E-state index in [1.165, 1.54) is 0 Å². The monoisotopic (exact) mass is 305 g/mol. The minimum atomic E-state index is 0. The summed E-state index contributed by atoms with van der Waals surface area (Å²) in [4.78, 5) is 16.2. The highest BCUT2D eigenvalue weighted by atomic mass is 35.5. The first-order chi connectivity index (χ1) is 9.16. The van der Waals surface area contributed by atoms with E-state index in [2.05, 4.69) is 19.2 Å². The van der Waals surface area contributed by atoms with Crippen molar-refractivity contribution in [2.24, 2.45) is 5.92 Å². The topological polar surface area (TPSA) is 44.8 Å². The number of carbonyl (C=O) groups excluding carboxylic acids is 1. The van der Waals surface area contributed by atoms with Gasteiger partial charge in [-0.3, -0.25) is 0 Å². The molecule has 0 atom stereocenters. The second kappa shape index (κ2) is 8.70. The van der Waals surface area contributed by atoms with Crippen molar-refractivity contribution in [1.82, 2.24) is 15.1 Å². The summed E-state index contributed by atoms with van der Waals surface area (Å²) in [6.07, 6.45) is 2.24. The number of hydrogen-bond donors (Lipinski definition) is 1. The molecule has 0 saturated carbocycles. The maximum atomic E-state index is 12.3.